The normalized spacial score (nSPS) is 10.7. The zero-order valence-electron chi connectivity index (χ0n) is 14.9. The molecule has 9 heteroatoms. The van der Waals surface area contributed by atoms with Crippen LogP contribution < -0.4 is 16.0 Å². The van der Waals surface area contributed by atoms with Crippen molar-refractivity contribution in [2.75, 3.05) is 32.0 Å². The van der Waals surface area contributed by atoms with E-state index in [0.29, 0.717) is 43.3 Å². The van der Waals surface area contributed by atoms with Crippen molar-refractivity contribution in [3.05, 3.63) is 70.0 Å². The van der Waals surface area contributed by atoms with Gasteiger partial charge >= 0.3 is 0 Å². The third-order valence-electron chi connectivity index (χ3n) is 3.70. The number of halogens is 2. The van der Waals surface area contributed by atoms with Crippen LogP contribution in [0.25, 0.3) is 0 Å². The predicted octanol–water partition coefficient (Wildman–Crippen LogP) is 3.17. The molecule has 0 aliphatic carbocycles. The summed E-state index contributed by atoms with van der Waals surface area (Å²) < 4.78 is 13.6. The Balaban J connectivity index is 0.00000364. The highest BCUT2D eigenvalue weighted by atomic mass is 127. The van der Waals surface area contributed by atoms with Crippen molar-refractivity contribution in [3.63, 3.8) is 0 Å². The van der Waals surface area contributed by atoms with Gasteiger partial charge in [-0.1, -0.05) is 30.3 Å². The Morgan fingerprint density at radius 2 is 1.74 bits per heavy atom. The number of hydrogen-bond donors (Lipinski definition) is 3. The summed E-state index contributed by atoms with van der Waals surface area (Å²) in [4.78, 5) is 14.6. The molecule has 0 aromatic heterocycles. The fourth-order valence-electron chi connectivity index (χ4n) is 2.40. The number of rotatable bonds is 8. The second-order valence-corrected chi connectivity index (χ2v) is 5.47. The lowest BCUT2D eigenvalue weighted by Gasteiger charge is -2.13. The topological polar surface area (TPSA) is 91.6 Å². The maximum absolute atomic E-state index is 13.6. The van der Waals surface area contributed by atoms with Crippen LogP contribution >= 0.6 is 24.0 Å². The molecule has 0 heterocycles. The zero-order chi connectivity index (χ0) is 18.8. The van der Waals surface area contributed by atoms with Crippen LogP contribution in [0.15, 0.2) is 53.5 Å². The Kier molecular flexibility index (Phi) is 10.1. The zero-order valence-corrected chi connectivity index (χ0v) is 17.3. The molecule has 0 fully saturated rings. The highest BCUT2D eigenvalue weighted by Crippen LogP contribution is 2.22. The van der Waals surface area contributed by atoms with Crippen molar-refractivity contribution in [2.45, 2.75) is 6.42 Å². The van der Waals surface area contributed by atoms with Crippen LogP contribution in [0.5, 0.6) is 0 Å². The van der Waals surface area contributed by atoms with E-state index in [-0.39, 0.29) is 35.5 Å². The summed E-state index contributed by atoms with van der Waals surface area (Å²) in [7, 11) is 1.65. The third-order valence-corrected chi connectivity index (χ3v) is 3.70. The number of nitro benzene ring substituents is 1. The van der Waals surface area contributed by atoms with Crippen molar-refractivity contribution in [1.82, 2.24) is 10.6 Å². The number of aliphatic imine (C=N–C) groups is 1. The van der Waals surface area contributed by atoms with Crippen molar-refractivity contribution >= 4 is 41.3 Å². The number of benzene rings is 2. The molecule has 7 nitrogen and oxygen atoms in total. The van der Waals surface area contributed by atoms with Gasteiger partial charge in [0.25, 0.3) is 5.69 Å². The maximum Gasteiger partial charge on any atom is 0.292 e. The number of nitrogens with zero attached hydrogens (tertiary/aromatic N) is 2. The van der Waals surface area contributed by atoms with Gasteiger partial charge in [0, 0.05) is 32.7 Å². The average molecular weight is 487 g/mol. The standard InChI is InChI=1S/C18H22FN5O2.HI/c1-20-18(22-11-10-14-6-2-3-7-15(14)19)23-13-12-21-16-8-4-5-9-17(16)24(25)26;/h2-9,21H,10-13H2,1H3,(H2,20,22,23);1H. The third kappa shape index (κ3) is 7.37. The van der Waals surface area contributed by atoms with E-state index in [2.05, 4.69) is 20.9 Å². The fraction of sp³-hybridized carbons (Fsp3) is 0.278. The minimum atomic E-state index is -0.418. The number of nitrogens with one attached hydrogen (secondary N) is 3. The van der Waals surface area contributed by atoms with Gasteiger partial charge in [-0.15, -0.1) is 24.0 Å². The molecule has 0 atom stereocenters. The summed E-state index contributed by atoms with van der Waals surface area (Å²) in [6.45, 7) is 1.54. The summed E-state index contributed by atoms with van der Waals surface area (Å²) in [6.07, 6.45) is 0.543. The highest BCUT2D eigenvalue weighted by molar-refractivity contribution is 14.0. The van der Waals surface area contributed by atoms with E-state index in [0.717, 1.165) is 0 Å². The Labute approximate surface area is 174 Å². The van der Waals surface area contributed by atoms with E-state index in [1.54, 1.807) is 43.4 Å². The predicted molar refractivity (Wildman–Crippen MR) is 116 cm³/mol. The molecule has 0 spiro atoms. The van der Waals surface area contributed by atoms with Crippen molar-refractivity contribution < 1.29 is 9.31 Å². The van der Waals surface area contributed by atoms with E-state index in [9.17, 15) is 14.5 Å². The molecule has 0 saturated carbocycles. The lowest BCUT2D eigenvalue weighted by atomic mass is 10.1. The van der Waals surface area contributed by atoms with Crippen LogP contribution in [0.4, 0.5) is 15.8 Å². The molecule has 3 N–H and O–H groups in total. The maximum atomic E-state index is 13.6. The Morgan fingerprint density at radius 1 is 1.07 bits per heavy atom. The molecule has 2 aromatic rings. The molecule has 0 aliphatic rings. The van der Waals surface area contributed by atoms with Crippen LogP contribution in [0.2, 0.25) is 0 Å². The van der Waals surface area contributed by atoms with Gasteiger partial charge in [-0.3, -0.25) is 15.1 Å². The second kappa shape index (κ2) is 12.0. The first-order valence-corrected chi connectivity index (χ1v) is 8.27. The van der Waals surface area contributed by atoms with Crippen molar-refractivity contribution in [1.29, 1.82) is 0 Å². The van der Waals surface area contributed by atoms with Crippen LogP contribution in [0.3, 0.4) is 0 Å². The first kappa shape index (κ1) is 22.6. The minimum absolute atomic E-state index is 0. The summed E-state index contributed by atoms with van der Waals surface area (Å²) in [6, 6.07) is 13.2. The van der Waals surface area contributed by atoms with Crippen LogP contribution in [0, 0.1) is 15.9 Å². The summed E-state index contributed by atoms with van der Waals surface area (Å²) in [5.41, 5.74) is 1.16. The molecule has 0 aliphatic heterocycles. The van der Waals surface area contributed by atoms with Crippen LogP contribution in [0.1, 0.15) is 5.56 Å². The molecular weight excluding hydrogens is 464 g/mol. The molecule has 2 rings (SSSR count). The van der Waals surface area contributed by atoms with E-state index in [1.807, 2.05) is 0 Å². The molecule has 0 unspecified atom stereocenters. The molecule has 0 bridgehead atoms. The molecule has 0 saturated heterocycles. The molecule has 0 amide bonds. The molecule has 0 radical (unpaired) electrons. The van der Waals surface area contributed by atoms with Gasteiger partial charge in [0.05, 0.1) is 4.92 Å². The SMILES string of the molecule is CN=C(NCCNc1ccccc1[N+](=O)[O-])NCCc1ccccc1F.I. The average Bonchev–Trinajstić information content (AvgIpc) is 2.65. The first-order valence-electron chi connectivity index (χ1n) is 8.27. The number of hydrogen-bond acceptors (Lipinski definition) is 4. The highest BCUT2D eigenvalue weighted by Gasteiger charge is 2.11. The number of nitro groups is 1. The fourth-order valence-corrected chi connectivity index (χ4v) is 2.40. The van der Waals surface area contributed by atoms with E-state index < -0.39 is 4.92 Å². The molecule has 146 valence electrons. The molecular formula is C18H23FIN5O2. The van der Waals surface area contributed by atoms with Gasteiger partial charge in [0.1, 0.15) is 11.5 Å². The van der Waals surface area contributed by atoms with Crippen LogP contribution in [-0.4, -0.2) is 37.6 Å². The largest absolute Gasteiger partial charge is 0.378 e. The summed E-state index contributed by atoms with van der Waals surface area (Å²) in [5, 5.41) is 20.2. The van der Waals surface area contributed by atoms with Crippen molar-refractivity contribution in [3.8, 4) is 0 Å². The van der Waals surface area contributed by atoms with Gasteiger partial charge in [-0.2, -0.15) is 0 Å². The van der Waals surface area contributed by atoms with E-state index in [1.165, 1.54) is 12.1 Å². The Bertz CT molecular complexity index is 773. The van der Waals surface area contributed by atoms with Gasteiger partial charge in [0.15, 0.2) is 5.96 Å². The number of anilines is 1. The first-order chi connectivity index (χ1) is 12.6. The minimum Gasteiger partial charge on any atom is -0.378 e. The molecule has 27 heavy (non-hydrogen) atoms. The molecule has 2 aromatic carbocycles. The van der Waals surface area contributed by atoms with Gasteiger partial charge in [0.2, 0.25) is 0 Å². The second-order valence-electron chi connectivity index (χ2n) is 5.47. The summed E-state index contributed by atoms with van der Waals surface area (Å²) in [5.74, 6) is 0.372. The van der Waals surface area contributed by atoms with Gasteiger partial charge in [-0.05, 0) is 24.1 Å². The Hall–Kier alpha value is -2.43. The Morgan fingerprint density at radius 3 is 2.44 bits per heavy atom. The van der Waals surface area contributed by atoms with E-state index in [4.69, 9.17) is 0 Å². The smallest absolute Gasteiger partial charge is 0.292 e. The van der Waals surface area contributed by atoms with Gasteiger partial charge in [-0.25, -0.2) is 4.39 Å². The quantitative estimate of drug-likeness (QED) is 0.133. The van der Waals surface area contributed by atoms with Gasteiger partial charge < -0.3 is 16.0 Å². The number of guanidine groups is 1. The monoisotopic (exact) mass is 487 g/mol. The number of para-hydroxylation sites is 2. The summed E-state index contributed by atoms with van der Waals surface area (Å²) >= 11 is 0. The van der Waals surface area contributed by atoms with Crippen LogP contribution in [-0.2, 0) is 6.42 Å². The van der Waals surface area contributed by atoms with Crippen molar-refractivity contribution in [2.24, 2.45) is 4.99 Å². The lowest BCUT2D eigenvalue weighted by Crippen LogP contribution is -2.40. The lowest BCUT2D eigenvalue weighted by molar-refractivity contribution is -0.384. The van der Waals surface area contributed by atoms with E-state index >= 15 is 0 Å².